The maximum Gasteiger partial charge on any atom is 0.337 e. The number of hydrogen-bond acceptors (Lipinski definition) is 6. The van der Waals surface area contributed by atoms with Gasteiger partial charge in [-0.05, 0) is 39.5 Å². The van der Waals surface area contributed by atoms with E-state index in [0.717, 1.165) is 21.5 Å². The van der Waals surface area contributed by atoms with Crippen LogP contribution in [-0.4, -0.2) is 47.2 Å². The predicted molar refractivity (Wildman–Crippen MR) is 176 cm³/mol. The summed E-state index contributed by atoms with van der Waals surface area (Å²) in [4.78, 5) is 26.8. The van der Waals surface area contributed by atoms with Gasteiger partial charge in [0.15, 0.2) is 0 Å². The van der Waals surface area contributed by atoms with Crippen LogP contribution in [0.25, 0.3) is 0 Å². The largest absolute Gasteiger partial charge is 0.466 e. The summed E-state index contributed by atoms with van der Waals surface area (Å²) in [5, 5.41) is 2.06. The van der Waals surface area contributed by atoms with Crippen LogP contribution in [0.15, 0.2) is 114 Å². The molecule has 2 atom stereocenters. The number of ether oxygens (including phenoxy) is 3. The molecule has 0 aliphatic heterocycles. The van der Waals surface area contributed by atoms with E-state index in [-0.39, 0.29) is 28.9 Å². The highest BCUT2D eigenvalue weighted by Crippen LogP contribution is 2.45. The quantitative estimate of drug-likeness (QED) is 0.152. The van der Waals surface area contributed by atoms with Crippen molar-refractivity contribution in [2.24, 2.45) is 5.41 Å². The first-order valence-electron chi connectivity index (χ1n) is 15.0. The molecule has 6 nitrogen and oxygen atoms in total. The minimum atomic E-state index is -2.91. The fourth-order valence-corrected chi connectivity index (χ4v) is 10.7. The smallest absolute Gasteiger partial charge is 0.337 e. The topological polar surface area (TPSA) is 71.1 Å². The molecule has 7 heteroatoms. The molecule has 0 spiro atoms. The molecule has 0 heterocycles. The van der Waals surface area contributed by atoms with Gasteiger partial charge in [0.1, 0.15) is 6.10 Å². The van der Waals surface area contributed by atoms with Crippen molar-refractivity contribution in [1.29, 1.82) is 0 Å². The normalized spacial score (nSPS) is 17.5. The van der Waals surface area contributed by atoms with Crippen LogP contribution < -0.4 is 10.4 Å². The van der Waals surface area contributed by atoms with Crippen LogP contribution in [0.5, 0.6) is 0 Å². The summed E-state index contributed by atoms with van der Waals surface area (Å²) >= 11 is 0. The molecule has 0 fully saturated rings. The van der Waals surface area contributed by atoms with Crippen LogP contribution in [-0.2, 0) is 28.2 Å². The molecule has 4 rings (SSSR count). The second kappa shape index (κ2) is 13.5. The number of rotatable bonds is 10. The minimum absolute atomic E-state index is 0.140. The Kier molecular flexibility index (Phi) is 10.1. The van der Waals surface area contributed by atoms with E-state index in [4.69, 9.17) is 18.6 Å². The van der Waals surface area contributed by atoms with Gasteiger partial charge in [-0.25, -0.2) is 9.59 Å². The number of carbonyl (C=O) groups is 2. The zero-order valence-electron chi connectivity index (χ0n) is 27.0. The number of esters is 2. The summed E-state index contributed by atoms with van der Waals surface area (Å²) in [6.07, 6.45) is 0.684. The Hall–Kier alpha value is -3.78. The summed E-state index contributed by atoms with van der Waals surface area (Å²) in [7, 11) is -0.286. The van der Waals surface area contributed by atoms with Crippen molar-refractivity contribution in [3.8, 4) is 0 Å². The number of hydrogen-bond donors (Lipinski definition) is 0. The van der Waals surface area contributed by atoms with Crippen LogP contribution in [0.3, 0.4) is 0 Å². The summed E-state index contributed by atoms with van der Waals surface area (Å²) < 4.78 is 24.3. The van der Waals surface area contributed by atoms with Crippen LogP contribution in [0, 0.1) is 5.41 Å². The highest BCUT2D eigenvalue weighted by molar-refractivity contribution is 6.99. The maximum absolute atomic E-state index is 13.5. The van der Waals surface area contributed by atoms with E-state index in [9.17, 15) is 9.59 Å². The number of carbonyl (C=O) groups excluding carboxylic acids is 2. The molecule has 0 saturated heterocycles. The van der Waals surface area contributed by atoms with Gasteiger partial charge >= 0.3 is 11.9 Å². The summed E-state index contributed by atoms with van der Waals surface area (Å²) in [6, 6.07) is 30.6. The van der Waals surface area contributed by atoms with Gasteiger partial charge in [-0.3, -0.25) is 0 Å². The summed E-state index contributed by atoms with van der Waals surface area (Å²) in [6.45, 7) is 12.6. The molecule has 2 unspecified atom stereocenters. The molecular formula is C37H44O6Si. The molecule has 0 N–H and O–H groups in total. The van der Waals surface area contributed by atoms with Gasteiger partial charge in [0.25, 0.3) is 8.32 Å². The highest BCUT2D eigenvalue weighted by Gasteiger charge is 2.52. The first-order chi connectivity index (χ1) is 20.9. The van der Waals surface area contributed by atoms with E-state index in [1.54, 1.807) is 0 Å². The third-order valence-corrected chi connectivity index (χ3v) is 13.6. The highest BCUT2D eigenvalue weighted by atomic mass is 28.4. The summed E-state index contributed by atoms with van der Waals surface area (Å²) in [5.74, 6) is -1.24. The first kappa shape index (κ1) is 33.1. The van der Waals surface area contributed by atoms with Gasteiger partial charge in [-0.15, -0.1) is 0 Å². The van der Waals surface area contributed by atoms with Crippen LogP contribution >= 0.6 is 0 Å². The van der Waals surface area contributed by atoms with Crippen molar-refractivity contribution in [3.63, 3.8) is 0 Å². The lowest BCUT2D eigenvalue weighted by atomic mass is 9.70. The Labute approximate surface area is 262 Å². The van der Waals surface area contributed by atoms with Gasteiger partial charge < -0.3 is 18.6 Å². The Bertz CT molecular complexity index is 1460. The van der Waals surface area contributed by atoms with Gasteiger partial charge in [0, 0.05) is 5.41 Å². The molecule has 1 aliphatic rings. The third-order valence-electron chi connectivity index (χ3n) is 8.61. The maximum atomic E-state index is 13.5. The van der Waals surface area contributed by atoms with Gasteiger partial charge in [-0.2, -0.15) is 0 Å². The van der Waals surface area contributed by atoms with Crippen molar-refractivity contribution in [2.75, 3.05) is 20.8 Å². The fourth-order valence-electron chi connectivity index (χ4n) is 6.22. The molecule has 0 amide bonds. The Morgan fingerprint density at radius 1 is 0.795 bits per heavy atom. The zero-order chi connectivity index (χ0) is 32.1. The lowest BCUT2D eigenvalue weighted by Crippen LogP contribution is -2.66. The zero-order valence-corrected chi connectivity index (χ0v) is 28.0. The Morgan fingerprint density at radius 2 is 1.27 bits per heavy atom. The molecule has 0 aromatic heterocycles. The third kappa shape index (κ3) is 6.36. The van der Waals surface area contributed by atoms with Gasteiger partial charge in [-0.1, -0.05) is 126 Å². The van der Waals surface area contributed by atoms with Gasteiger partial charge in [0.05, 0.1) is 38.1 Å². The molecule has 0 bridgehead atoms. The van der Waals surface area contributed by atoms with E-state index in [1.165, 1.54) is 14.2 Å². The molecule has 0 saturated carbocycles. The molecule has 44 heavy (non-hydrogen) atoms. The SMILES string of the molecule is COC(=O)C1=C(C(=O)OC)C(C)(C)C(CO[Si](c2ccccc2)(c2ccccc2)C(C)(C)C)=CC1OC(C)c1ccccc1. The fraction of sp³-hybridized carbons (Fsp3) is 0.351. The van der Waals surface area contributed by atoms with Crippen molar-refractivity contribution < 1.29 is 28.2 Å². The standard InChI is InChI=1S/C37H44O6Si/c1-26(27-18-12-9-13-19-27)43-31-24-28(37(5,6)33(35(39)41-8)32(31)34(38)40-7)25-42-44(36(2,3)4,29-20-14-10-15-21-29)30-22-16-11-17-23-30/h9-24,26,31H,25H2,1-8H3. The Morgan fingerprint density at radius 3 is 1.73 bits per heavy atom. The molecule has 3 aromatic rings. The lowest BCUT2D eigenvalue weighted by molar-refractivity contribution is -0.141. The van der Waals surface area contributed by atoms with Crippen molar-refractivity contribution in [3.05, 3.63) is 119 Å². The van der Waals surface area contributed by atoms with E-state index >= 15 is 0 Å². The molecule has 232 valence electrons. The molecule has 3 aromatic carbocycles. The second-order valence-corrected chi connectivity index (χ2v) is 17.0. The number of methoxy groups -OCH3 is 2. The van der Waals surface area contributed by atoms with Crippen LogP contribution in [0.2, 0.25) is 5.04 Å². The summed E-state index contributed by atoms with van der Waals surface area (Å²) in [5.41, 5.74) is 1.20. The first-order valence-corrected chi connectivity index (χ1v) is 16.9. The molecule has 0 radical (unpaired) electrons. The second-order valence-electron chi connectivity index (χ2n) is 12.7. The minimum Gasteiger partial charge on any atom is -0.466 e. The van der Waals surface area contributed by atoms with Crippen LogP contribution in [0.4, 0.5) is 0 Å². The Balaban J connectivity index is 1.87. The van der Waals surface area contributed by atoms with E-state index < -0.39 is 31.8 Å². The monoisotopic (exact) mass is 612 g/mol. The molecular weight excluding hydrogens is 568 g/mol. The van der Waals surface area contributed by atoms with Crippen molar-refractivity contribution >= 4 is 30.6 Å². The van der Waals surface area contributed by atoms with Crippen molar-refractivity contribution in [1.82, 2.24) is 0 Å². The van der Waals surface area contributed by atoms with Crippen molar-refractivity contribution in [2.45, 2.75) is 58.8 Å². The van der Waals surface area contributed by atoms with Gasteiger partial charge in [0.2, 0.25) is 0 Å². The van der Waals surface area contributed by atoms with E-state index in [2.05, 4.69) is 69.3 Å². The lowest BCUT2D eigenvalue weighted by Gasteiger charge is -2.45. The van der Waals surface area contributed by atoms with E-state index in [0.29, 0.717) is 0 Å². The average Bonchev–Trinajstić information content (AvgIpc) is 3.02. The number of benzene rings is 3. The predicted octanol–water partition coefficient (Wildman–Crippen LogP) is 6.32. The average molecular weight is 613 g/mol. The van der Waals surface area contributed by atoms with E-state index in [1.807, 2.05) is 69.3 Å². The van der Waals surface area contributed by atoms with Crippen LogP contribution in [0.1, 0.15) is 53.2 Å². The molecule has 1 aliphatic carbocycles.